The second-order valence-electron chi connectivity index (χ2n) is 4.77. The molecule has 0 aromatic heterocycles. The van der Waals surface area contributed by atoms with Gasteiger partial charge in [-0.3, -0.25) is 0 Å². The van der Waals surface area contributed by atoms with E-state index in [1.807, 2.05) is 24.3 Å². The summed E-state index contributed by atoms with van der Waals surface area (Å²) >= 11 is 0. The van der Waals surface area contributed by atoms with Gasteiger partial charge in [-0.1, -0.05) is 38.1 Å². The van der Waals surface area contributed by atoms with Gasteiger partial charge < -0.3 is 10.2 Å². The minimum atomic E-state index is 0.277. The van der Waals surface area contributed by atoms with Crippen molar-refractivity contribution in [1.82, 2.24) is 0 Å². The molecule has 2 N–H and O–H groups in total. The van der Waals surface area contributed by atoms with Crippen molar-refractivity contribution in [2.24, 2.45) is 0 Å². The maximum absolute atomic E-state index is 9.52. The summed E-state index contributed by atoms with van der Waals surface area (Å²) < 4.78 is 0. The summed E-state index contributed by atoms with van der Waals surface area (Å²) in [5.74, 6) is 1.14. The lowest BCUT2D eigenvalue weighted by atomic mass is 9.84. The van der Waals surface area contributed by atoms with Crippen molar-refractivity contribution in [1.29, 1.82) is 0 Å². The molecule has 2 heteroatoms. The van der Waals surface area contributed by atoms with Crippen LogP contribution in [-0.4, -0.2) is 10.2 Å². The van der Waals surface area contributed by atoms with Gasteiger partial charge in [0.25, 0.3) is 0 Å². The summed E-state index contributed by atoms with van der Waals surface area (Å²) in [5, 5.41) is 19.0. The van der Waals surface area contributed by atoms with Gasteiger partial charge in [0.05, 0.1) is 0 Å². The van der Waals surface area contributed by atoms with Crippen LogP contribution in [0.5, 0.6) is 11.5 Å². The molecule has 0 aliphatic rings. The molecular weight excluding hydrogens is 224 g/mol. The molecule has 0 amide bonds. The van der Waals surface area contributed by atoms with Gasteiger partial charge in [-0.15, -0.1) is 0 Å². The summed E-state index contributed by atoms with van der Waals surface area (Å²) in [4.78, 5) is 0. The summed E-state index contributed by atoms with van der Waals surface area (Å²) in [5.41, 5.74) is 2.21. The molecule has 0 saturated carbocycles. The number of rotatable bonds is 3. The molecule has 0 aliphatic carbocycles. The summed E-state index contributed by atoms with van der Waals surface area (Å²) in [6, 6.07) is 14.7. The predicted molar refractivity (Wildman–Crippen MR) is 73.0 cm³/mol. The zero-order valence-corrected chi connectivity index (χ0v) is 10.7. The molecule has 2 aromatic rings. The van der Waals surface area contributed by atoms with Crippen LogP contribution in [0.1, 0.15) is 36.8 Å². The average molecular weight is 242 g/mol. The van der Waals surface area contributed by atoms with Crippen LogP contribution in [0, 0.1) is 0 Å². The Morgan fingerprint density at radius 2 is 1.11 bits per heavy atom. The van der Waals surface area contributed by atoms with Gasteiger partial charge >= 0.3 is 0 Å². The van der Waals surface area contributed by atoms with Crippen LogP contribution in [0.15, 0.2) is 48.5 Å². The Labute approximate surface area is 108 Å². The summed E-state index contributed by atoms with van der Waals surface area (Å²) in [7, 11) is 0. The molecule has 0 aliphatic heterocycles. The van der Waals surface area contributed by atoms with E-state index in [0.29, 0.717) is 11.5 Å². The van der Waals surface area contributed by atoms with E-state index in [-0.39, 0.29) is 11.8 Å². The Morgan fingerprint density at radius 1 is 0.722 bits per heavy atom. The van der Waals surface area contributed by atoms with Gasteiger partial charge in [-0.05, 0) is 47.2 Å². The zero-order valence-electron chi connectivity index (χ0n) is 10.7. The van der Waals surface area contributed by atoms with E-state index in [2.05, 4.69) is 13.8 Å². The monoisotopic (exact) mass is 242 g/mol. The molecule has 0 fully saturated rings. The molecule has 0 spiro atoms. The first-order valence-electron chi connectivity index (χ1n) is 6.16. The minimum absolute atomic E-state index is 0.277. The smallest absolute Gasteiger partial charge is 0.115 e. The van der Waals surface area contributed by atoms with Crippen molar-refractivity contribution in [3.63, 3.8) is 0 Å². The van der Waals surface area contributed by atoms with Crippen LogP contribution in [0.2, 0.25) is 0 Å². The first-order chi connectivity index (χ1) is 8.58. The highest BCUT2D eigenvalue weighted by Crippen LogP contribution is 2.34. The van der Waals surface area contributed by atoms with Gasteiger partial charge in [-0.25, -0.2) is 0 Å². The van der Waals surface area contributed by atoms with E-state index in [1.165, 1.54) is 0 Å². The summed E-state index contributed by atoms with van der Waals surface area (Å²) in [6.45, 7) is 4.26. The van der Waals surface area contributed by atoms with Crippen molar-refractivity contribution in [3.8, 4) is 11.5 Å². The fraction of sp³-hybridized carbons (Fsp3) is 0.250. The first-order valence-corrected chi connectivity index (χ1v) is 6.16. The third-order valence-corrected chi connectivity index (χ3v) is 3.54. The average Bonchev–Trinajstić information content (AvgIpc) is 2.37. The summed E-state index contributed by atoms with van der Waals surface area (Å²) in [6.07, 6.45) is 0. The lowest BCUT2D eigenvalue weighted by molar-refractivity contribution is 0.470. The van der Waals surface area contributed by atoms with Gasteiger partial charge in [0.15, 0.2) is 0 Å². The largest absolute Gasteiger partial charge is 0.508 e. The lowest BCUT2D eigenvalue weighted by Crippen LogP contribution is -2.04. The minimum Gasteiger partial charge on any atom is -0.508 e. The topological polar surface area (TPSA) is 40.5 Å². The number of hydrogen-bond donors (Lipinski definition) is 2. The Kier molecular flexibility index (Phi) is 3.56. The van der Waals surface area contributed by atoms with Crippen LogP contribution in [0.4, 0.5) is 0 Å². The van der Waals surface area contributed by atoms with E-state index >= 15 is 0 Å². The highest BCUT2D eigenvalue weighted by molar-refractivity contribution is 5.35. The molecule has 0 bridgehead atoms. The van der Waals surface area contributed by atoms with E-state index in [1.54, 1.807) is 24.3 Å². The molecule has 94 valence electrons. The molecule has 2 atom stereocenters. The normalized spacial score (nSPS) is 14.1. The fourth-order valence-corrected chi connectivity index (χ4v) is 2.19. The molecule has 0 heterocycles. The second kappa shape index (κ2) is 5.13. The van der Waals surface area contributed by atoms with E-state index < -0.39 is 0 Å². The number of phenolic OH excluding ortho intramolecular Hbond substituents is 2. The Hall–Kier alpha value is -1.96. The maximum Gasteiger partial charge on any atom is 0.115 e. The molecule has 2 aromatic carbocycles. The van der Waals surface area contributed by atoms with Crippen molar-refractivity contribution < 1.29 is 10.2 Å². The highest BCUT2D eigenvalue weighted by atomic mass is 16.3. The molecule has 0 radical (unpaired) electrons. The number of benzene rings is 2. The third kappa shape index (κ3) is 2.65. The number of hydrogen-bond acceptors (Lipinski definition) is 2. The van der Waals surface area contributed by atoms with Crippen LogP contribution < -0.4 is 0 Å². The number of phenols is 2. The molecule has 18 heavy (non-hydrogen) atoms. The van der Waals surface area contributed by atoms with Crippen molar-refractivity contribution in [2.75, 3.05) is 0 Å². The van der Waals surface area contributed by atoms with Crippen LogP contribution in [-0.2, 0) is 0 Å². The first kappa shape index (κ1) is 12.5. The SMILES string of the molecule is C[C@@H](c1cccc(O)c1)[C@@H](C)c1cccc(O)c1. The van der Waals surface area contributed by atoms with E-state index in [0.717, 1.165) is 11.1 Å². The Morgan fingerprint density at radius 3 is 1.44 bits per heavy atom. The lowest BCUT2D eigenvalue weighted by Gasteiger charge is -2.21. The van der Waals surface area contributed by atoms with Crippen LogP contribution in [0.25, 0.3) is 0 Å². The molecule has 2 nitrogen and oxygen atoms in total. The number of aromatic hydroxyl groups is 2. The Balaban J connectivity index is 2.26. The third-order valence-electron chi connectivity index (χ3n) is 3.54. The van der Waals surface area contributed by atoms with Gasteiger partial charge in [0, 0.05) is 0 Å². The van der Waals surface area contributed by atoms with Gasteiger partial charge in [-0.2, -0.15) is 0 Å². The fourth-order valence-electron chi connectivity index (χ4n) is 2.19. The van der Waals surface area contributed by atoms with Gasteiger partial charge in [0.2, 0.25) is 0 Å². The van der Waals surface area contributed by atoms with Crippen molar-refractivity contribution in [3.05, 3.63) is 59.7 Å². The predicted octanol–water partition coefficient (Wildman–Crippen LogP) is 4.01. The van der Waals surface area contributed by atoms with Crippen LogP contribution in [0.3, 0.4) is 0 Å². The second-order valence-corrected chi connectivity index (χ2v) is 4.77. The quantitative estimate of drug-likeness (QED) is 0.853. The van der Waals surface area contributed by atoms with Gasteiger partial charge in [0.1, 0.15) is 11.5 Å². The Bertz CT molecular complexity index is 485. The standard InChI is InChI=1S/C16H18O2/c1-11(13-5-3-7-15(17)9-13)12(2)14-6-4-8-16(18)10-14/h3-12,17-18H,1-2H3/t11-,12-/m1/s1. The van der Waals surface area contributed by atoms with Crippen LogP contribution >= 0.6 is 0 Å². The van der Waals surface area contributed by atoms with Crippen molar-refractivity contribution >= 4 is 0 Å². The molecule has 0 unspecified atom stereocenters. The molecular formula is C16H18O2. The molecule has 0 saturated heterocycles. The van der Waals surface area contributed by atoms with E-state index in [9.17, 15) is 10.2 Å². The highest BCUT2D eigenvalue weighted by Gasteiger charge is 2.16. The molecule has 2 rings (SSSR count). The maximum atomic E-state index is 9.52. The van der Waals surface area contributed by atoms with E-state index in [4.69, 9.17) is 0 Å². The van der Waals surface area contributed by atoms with Crippen molar-refractivity contribution in [2.45, 2.75) is 25.7 Å². The zero-order chi connectivity index (χ0) is 13.1.